The van der Waals surface area contributed by atoms with Crippen molar-refractivity contribution < 1.29 is 9.47 Å². The molecule has 2 fully saturated rings. The molecule has 0 bridgehead atoms. The van der Waals surface area contributed by atoms with Gasteiger partial charge in [0, 0.05) is 64.6 Å². The average molecular weight is 438 g/mol. The molecule has 0 aromatic heterocycles. The Balaban J connectivity index is 1.27. The number of guanidine groups is 1. The van der Waals surface area contributed by atoms with Gasteiger partial charge in [-0.15, -0.1) is 0 Å². The summed E-state index contributed by atoms with van der Waals surface area (Å²) in [5.74, 6) is 3.46. The Kier molecular flexibility index (Phi) is 7.24. The van der Waals surface area contributed by atoms with Gasteiger partial charge in [0.1, 0.15) is 11.5 Å². The summed E-state index contributed by atoms with van der Waals surface area (Å²) in [6.45, 7) is 6.87. The number of ether oxygens (including phenoxy) is 2. The molecule has 7 heteroatoms. The van der Waals surface area contributed by atoms with Gasteiger partial charge in [-0.2, -0.15) is 0 Å². The van der Waals surface area contributed by atoms with Crippen molar-refractivity contribution in [3.8, 4) is 11.5 Å². The lowest BCUT2D eigenvalue weighted by molar-refractivity contribution is 0.364. The second-order valence-electron chi connectivity index (χ2n) is 8.38. The van der Waals surface area contributed by atoms with Gasteiger partial charge in [-0.3, -0.25) is 4.99 Å². The highest BCUT2D eigenvalue weighted by atomic mass is 16.5. The molecule has 2 aromatic carbocycles. The van der Waals surface area contributed by atoms with Gasteiger partial charge in [0.2, 0.25) is 0 Å². The summed E-state index contributed by atoms with van der Waals surface area (Å²) in [6, 6.07) is 16.6. The fourth-order valence-corrected chi connectivity index (χ4v) is 4.66. The van der Waals surface area contributed by atoms with Crippen LogP contribution < -0.4 is 24.6 Å². The first-order chi connectivity index (χ1) is 15.7. The lowest BCUT2D eigenvalue weighted by Gasteiger charge is -2.38. The maximum atomic E-state index is 5.54. The Hall–Kier alpha value is -3.09. The third-order valence-corrected chi connectivity index (χ3v) is 6.47. The number of para-hydroxylation sites is 2. The molecule has 1 N–H and O–H groups in total. The summed E-state index contributed by atoms with van der Waals surface area (Å²) in [5, 5.41) is 3.63. The largest absolute Gasteiger partial charge is 0.497 e. The van der Waals surface area contributed by atoms with E-state index in [1.807, 2.05) is 25.2 Å². The first kappa shape index (κ1) is 22.1. The molecule has 2 aliphatic heterocycles. The molecule has 0 amide bonds. The predicted molar refractivity (Wildman–Crippen MR) is 131 cm³/mol. The highest BCUT2D eigenvalue weighted by molar-refractivity contribution is 5.80. The summed E-state index contributed by atoms with van der Waals surface area (Å²) >= 11 is 0. The normalized spacial score (nSPS) is 19.3. The van der Waals surface area contributed by atoms with Crippen molar-refractivity contribution in [2.75, 3.05) is 76.9 Å². The van der Waals surface area contributed by atoms with Gasteiger partial charge in [-0.1, -0.05) is 18.2 Å². The molecule has 2 saturated heterocycles. The molecule has 7 nitrogen and oxygen atoms in total. The van der Waals surface area contributed by atoms with E-state index in [0.717, 1.165) is 63.3 Å². The molecule has 32 heavy (non-hydrogen) atoms. The standard InChI is InChI=1S/C25H35N5O2/c1-26-25(29-15-13-28(14-16-29)23-9-4-5-10-24(23)32-3)27-18-20-11-12-30(19-20)21-7-6-8-22(17-21)31-2/h4-10,17,20H,11-16,18-19H2,1-3H3,(H,26,27). The van der Waals surface area contributed by atoms with Crippen LogP contribution in [0.15, 0.2) is 53.5 Å². The van der Waals surface area contributed by atoms with Crippen molar-refractivity contribution in [2.45, 2.75) is 6.42 Å². The van der Waals surface area contributed by atoms with Crippen molar-refractivity contribution in [2.24, 2.45) is 10.9 Å². The van der Waals surface area contributed by atoms with E-state index in [0.29, 0.717) is 5.92 Å². The molecule has 1 atom stereocenters. The van der Waals surface area contributed by atoms with Crippen LogP contribution in [0.4, 0.5) is 11.4 Å². The Bertz CT molecular complexity index is 911. The fourth-order valence-electron chi connectivity index (χ4n) is 4.66. The predicted octanol–water partition coefficient (Wildman–Crippen LogP) is 2.93. The van der Waals surface area contributed by atoms with Gasteiger partial charge in [-0.05, 0) is 36.6 Å². The summed E-state index contributed by atoms with van der Waals surface area (Å²) < 4.78 is 10.9. The van der Waals surface area contributed by atoms with Crippen LogP contribution in [0.1, 0.15) is 6.42 Å². The Morgan fingerprint density at radius 1 is 0.969 bits per heavy atom. The van der Waals surface area contributed by atoms with Crippen molar-refractivity contribution >= 4 is 17.3 Å². The van der Waals surface area contributed by atoms with E-state index in [1.165, 1.54) is 17.8 Å². The molecule has 1 unspecified atom stereocenters. The van der Waals surface area contributed by atoms with E-state index in [4.69, 9.17) is 9.47 Å². The number of nitrogens with zero attached hydrogens (tertiary/aromatic N) is 4. The van der Waals surface area contributed by atoms with Crippen LogP contribution in [0, 0.1) is 5.92 Å². The van der Waals surface area contributed by atoms with E-state index in [1.54, 1.807) is 14.2 Å². The van der Waals surface area contributed by atoms with Gasteiger partial charge in [0.25, 0.3) is 0 Å². The third-order valence-electron chi connectivity index (χ3n) is 6.47. The maximum absolute atomic E-state index is 5.54. The quantitative estimate of drug-likeness (QED) is 0.554. The average Bonchev–Trinajstić information content (AvgIpc) is 3.34. The molecule has 2 heterocycles. The van der Waals surface area contributed by atoms with Crippen LogP contribution in [0.3, 0.4) is 0 Å². The first-order valence-corrected chi connectivity index (χ1v) is 11.4. The minimum atomic E-state index is 0.604. The molecule has 2 aliphatic rings. The van der Waals surface area contributed by atoms with E-state index in [-0.39, 0.29) is 0 Å². The molecule has 0 saturated carbocycles. The molecule has 0 radical (unpaired) electrons. The monoisotopic (exact) mass is 437 g/mol. The van der Waals surface area contributed by atoms with Crippen LogP contribution in [-0.2, 0) is 0 Å². The summed E-state index contributed by atoms with van der Waals surface area (Å²) in [5.41, 5.74) is 2.41. The van der Waals surface area contributed by atoms with Crippen molar-refractivity contribution in [3.05, 3.63) is 48.5 Å². The number of piperazine rings is 1. The highest BCUT2D eigenvalue weighted by Crippen LogP contribution is 2.29. The molecule has 0 spiro atoms. The van der Waals surface area contributed by atoms with Gasteiger partial charge in [-0.25, -0.2) is 0 Å². The van der Waals surface area contributed by atoms with E-state index in [2.05, 4.69) is 55.3 Å². The van der Waals surface area contributed by atoms with E-state index >= 15 is 0 Å². The van der Waals surface area contributed by atoms with Gasteiger partial charge in [0.15, 0.2) is 5.96 Å². The number of nitrogens with one attached hydrogen (secondary N) is 1. The lowest BCUT2D eigenvalue weighted by Crippen LogP contribution is -2.53. The lowest BCUT2D eigenvalue weighted by atomic mass is 10.1. The summed E-state index contributed by atoms with van der Waals surface area (Å²) in [6.07, 6.45) is 1.18. The number of aliphatic imine (C=N–C) groups is 1. The Morgan fingerprint density at radius 2 is 1.78 bits per heavy atom. The second-order valence-corrected chi connectivity index (χ2v) is 8.38. The highest BCUT2D eigenvalue weighted by Gasteiger charge is 2.25. The summed E-state index contributed by atoms with van der Waals surface area (Å²) in [4.78, 5) is 11.8. The molecule has 0 aliphatic carbocycles. The zero-order valence-corrected chi connectivity index (χ0v) is 19.5. The topological polar surface area (TPSA) is 52.6 Å². The van der Waals surface area contributed by atoms with Crippen LogP contribution in [0.5, 0.6) is 11.5 Å². The maximum Gasteiger partial charge on any atom is 0.193 e. The molecular formula is C25H35N5O2. The number of benzene rings is 2. The number of hydrogen-bond donors (Lipinski definition) is 1. The van der Waals surface area contributed by atoms with E-state index < -0.39 is 0 Å². The molecule has 4 rings (SSSR count). The zero-order valence-electron chi connectivity index (χ0n) is 19.5. The van der Waals surface area contributed by atoms with E-state index in [9.17, 15) is 0 Å². The molecular weight excluding hydrogens is 402 g/mol. The van der Waals surface area contributed by atoms with Gasteiger partial charge >= 0.3 is 0 Å². The second kappa shape index (κ2) is 10.5. The number of rotatable bonds is 6. The minimum absolute atomic E-state index is 0.604. The first-order valence-electron chi connectivity index (χ1n) is 11.4. The fraction of sp³-hybridized carbons (Fsp3) is 0.480. The molecule has 2 aromatic rings. The van der Waals surface area contributed by atoms with Crippen LogP contribution in [0.2, 0.25) is 0 Å². The zero-order chi connectivity index (χ0) is 22.3. The smallest absolute Gasteiger partial charge is 0.193 e. The summed E-state index contributed by atoms with van der Waals surface area (Å²) in [7, 11) is 5.34. The van der Waals surface area contributed by atoms with Crippen molar-refractivity contribution in [3.63, 3.8) is 0 Å². The number of hydrogen-bond acceptors (Lipinski definition) is 5. The van der Waals surface area contributed by atoms with Crippen LogP contribution in [0.25, 0.3) is 0 Å². The minimum Gasteiger partial charge on any atom is -0.497 e. The SMILES string of the molecule is CN=C(NCC1CCN(c2cccc(OC)c2)C1)N1CCN(c2ccccc2OC)CC1. The number of anilines is 2. The van der Waals surface area contributed by atoms with Crippen LogP contribution in [-0.4, -0.2) is 77.9 Å². The Morgan fingerprint density at radius 3 is 2.53 bits per heavy atom. The number of methoxy groups -OCH3 is 2. The van der Waals surface area contributed by atoms with Gasteiger partial charge in [0.05, 0.1) is 19.9 Å². The van der Waals surface area contributed by atoms with Crippen LogP contribution >= 0.6 is 0 Å². The molecule has 172 valence electrons. The van der Waals surface area contributed by atoms with Crippen molar-refractivity contribution in [1.29, 1.82) is 0 Å². The third kappa shape index (κ3) is 5.03. The van der Waals surface area contributed by atoms with Crippen molar-refractivity contribution in [1.82, 2.24) is 10.2 Å². The Labute approximate surface area is 191 Å². The van der Waals surface area contributed by atoms with Gasteiger partial charge < -0.3 is 29.5 Å².